The summed E-state index contributed by atoms with van der Waals surface area (Å²) in [7, 11) is 2.16. The maximum absolute atomic E-state index is 13.1. The van der Waals surface area contributed by atoms with Crippen molar-refractivity contribution >= 4 is 6.08 Å². The number of likely N-dealkylation sites (N-methyl/N-ethyl adjacent to an activating group) is 1. The topological polar surface area (TPSA) is 6.48 Å². The number of hydrogen-bond donors (Lipinski definition) is 0. The highest BCUT2D eigenvalue weighted by Crippen LogP contribution is 2.10. The van der Waals surface area contributed by atoms with Crippen molar-refractivity contribution in [1.82, 2.24) is 9.80 Å². The molecule has 0 bridgehead atoms. The van der Waals surface area contributed by atoms with Crippen LogP contribution in [0.5, 0.6) is 0 Å². The zero-order valence-corrected chi connectivity index (χ0v) is 11.2. The molecule has 18 heavy (non-hydrogen) atoms. The normalized spacial score (nSPS) is 19.2. The molecule has 1 aliphatic heterocycles. The number of nitrogens with zero attached hydrogens (tertiary/aromatic N) is 2. The van der Waals surface area contributed by atoms with Gasteiger partial charge in [-0.15, -0.1) is 0 Å². The van der Waals surface area contributed by atoms with Crippen LogP contribution in [-0.2, 0) is 0 Å². The summed E-state index contributed by atoms with van der Waals surface area (Å²) in [6, 6.07) is 6.75. The van der Waals surface area contributed by atoms with Gasteiger partial charge in [-0.2, -0.15) is 0 Å². The summed E-state index contributed by atoms with van der Waals surface area (Å²) >= 11 is 0. The summed E-state index contributed by atoms with van der Waals surface area (Å²) in [4.78, 5) is 4.80. The average molecular weight is 248 g/mol. The second kappa shape index (κ2) is 6.12. The minimum absolute atomic E-state index is 0.170. The summed E-state index contributed by atoms with van der Waals surface area (Å²) in [6.07, 6.45) is 2.07. The first-order chi connectivity index (χ1) is 8.63. The Hall–Kier alpha value is -1.19. The molecule has 0 unspecified atom stereocenters. The highest BCUT2D eigenvalue weighted by molar-refractivity contribution is 5.52. The van der Waals surface area contributed by atoms with E-state index in [4.69, 9.17) is 0 Å². The molecule has 2 nitrogen and oxygen atoms in total. The molecule has 1 heterocycles. The van der Waals surface area contributed by atoms with E-state index >= 15 is 0 Å². The minimum atomic E-state index is -0.170. The summed E-state index contributed by atoms with van der Waals surface area (Å²) in [5.74, 6) is -0.170. The maximum Gasteiger partial charge on any atom is 0.123 e. The van der Waals surface area contributed by atoms with Gasteiger partial charge < -0.3 is 4.90 Å². The molecule has 1 aromatic carbocycles. The third-order valence-corrected chi connectivity index (χ3v) is 3.33. The van der Waals surface area contributed by atoms with Crippen LogP contribution in [0.25, 0.3) is 6.08 Å². The Balaban J connectivity index is 1.93. The second-order valence-electron chi connectivity index (χ2n) is 5.13. The Labute approximate surface area is 109 Å². The van der Waals surface area contributed by atoms with Gasteiger partial charge in [0.1, 0.15) is 5.82 Å². The van der Waals surface area contributed by atoms with Crippen molar-refractivity contribution in [1.29, 1.82) is 0 Å². The number of hydrogen-bond acceptors (Lipinski definition) is 2. The largest absolute Gasteiger partial charge is 0.304 e. The molecule has 0 aromatic heterocycles. The van der Waals surface area contributed by atoms with Crippen molar-refractivity contribution in [3.8, 4) is 0 Å². The number of halogens is 1. The van der Waals surface area contributed by atoms with Gasteiger partial charge in [-0.3, -0.25) is 4.90 Å². The summed E-state index contributed by atoms with van der Waals surface area (Å²) in [6.45, 7) is 7.59. The van der Waals surface area contributed by atoms with E-state index in [-0.39, 0.29) is 5.82 Å². The lowest BCUT2D eigenvalue weighted by atomic mass is 10.1. The lowest BCUT2D eigenvalue weighted by Gasteiger charge is -2.32. The first-order valence-corrected chi connectivity index (χ1v) is 6.47. The molecule has 1 aliphatic rings. The molecule has 1 saturated heterocycles. The Kier molecular flexibility index (Phi) is 4.50. The van der Waals surface area contributed by atoms with Gasteiger partial charge >= 0.3 is 0 Å². The van der Waals surface area contributed by atoms with E-state index in [0.717, 1.165) is 38.3 Å². The Morgan fingerprint density at radius 2 is 2.00 bits per heavy atom. The molecule has 98 valence electrons. The second-order valence-corrected chi connectivity index (χ2v) is 5.13. The number of benzene rings is 1. The van der Waals surface area contributed by atoms with Gasteiger partial charge in [0.15, 0.2) is 0 Å². The molecule has 0 radical (unpaired) electrons. The van der Waals surface area contributed by atoms with Crippen LogP contribution in [0.15, 0.2) is 29.8 Å². The van der Waals surface area contributed by atoms with Crippen molar-refractivity contribution in [2.75, 3.05) is 39.8 Å². The monoisotopic (exact) mass is 248 g/mol. The van der Waals surface area contributed by atoms with Crippen molar-refractivity contribution in [2.45, 2.75) is 6.92 Å². The van der Waals surface area contributed by atoms with Crippen LogP contribution in [0.3, 0.4) is 0 Å². The number of rotatable bonds is 3. The molecule has 0 aliphatic carbocycles. The van der Waals surface area contributed by atoms with Gasteiger partial charge in [0, 0.05) is 32.7 Å². The fraction of sp³-hybridized carbons (Fsp3) is 0.467. The highest BCUT2D eigenvalue weighted by Gasteiger charge is 2.13. The van der Waals surface area contributed by atoms with E-state index in [1.165, 1.54) is 11.6 Å². The van der Waals surface area contributed by atoms with E-state index in [1.54, 1.807) is 12.1 Å². The van der Waals surface area contributed by atoms with Crippen LogP contribution in [-0.4, -0.2) is 49.6 Å². The third-order valence-electron chi connectivity index (χ3n) is 3.33. The molecule has 1 aromatic rings. The van der Waals surface area contributed by atoms with Gasteiger partial charge in [0.2, 0.25) is 0 Å². The highest BCUT2D eigenvalue weighted by atomic mass is 19.1. The van der Waals surface area contributed by atoms with Gasteiger partial charge in [-0.1, -0.05) is 23.8 Å². The van der Waals surface area contributed by atoms with Crippen LogP contribution < -0.4 is 0 Å². The molecule has 0 saturated carbocycles. The zero-order valence-electron chi connectivity index (χ0n) is 11.2. The maximum atomic E-state index is 13.1. The van der Waals surface area contributed by atoms with Crippen molar-refractivity contribution < 1.29 is 4.39 Å². The molecule has 0 amide bonds. The summed E-state index contributed by atoms with van der Waals surface area (Å²) < 4.78 is 13.1. The Bertz CT molecular complexity index is 420. The summed E-state index contributed by atoms with van der Waals surface area (Å²) in [5, 5.41) is 0. The molecule has 2 rings (SSSR count). The molecule has 0 spiro atoms. The summed E-state index contributed by atoms with van der Waals surface area (Å²) in [5.41, 5.74) is 2.23. The molecule has 1 fully saturated rings. The SMILES string of the molecule is CC(=Cc1cccc(F)c1)CN1CCN(C)CC1. The molecule has 0 atom stereocenters. The van der Waals surface area contributed by atoms with E-state index < -0.39 is 0 Å². The quantitative estimate of drug-likeness (QED) is 0.811. The van der Waals surface area contributed by atoms with Crippen LogP contribution in [0, 0.1) is 5.82 Å². The molecular weight excluding hydrogens is 227 g/mol. The Morgan fingerprint density at radius 3 is 2.67 bits per heavy atom. The lowest BCUT2D eigenvalue weighted by Crippen LogP contribution is -2.44. The van der Waals surface area contributed by atoms with Crippen LogP contribution in [0.2, 0.25) is 0 Å². The predicted molar refractivity (Wildman–Crippen MR) is 74.0 cm³/mol. The van der Waals surface area contributed by atoms with Gasteiger partial charge in [0.05, 0.1) is 0 Å². The van der Waals surface area contributed by atoms with Crippen LogP contribution in [0.4, 0.5) is 4.39 Å². The van der Waals surface area contributed by atoms with Gasteiger partial charge in [0.25, 0.3) is 0 Å². The smallest absolute Gasteiger partial charge is 0.123 e. The van der Waals surface area contributed by atoms with Crippen molar-refractivity contribution in [3.05, 3.63) is 41.2 Å². The fourth-order valence-electron chi connectivity index (χ4n) is 2.29. The minimum Gasteiger partial charge on any atom is -0.304 e. The van der Waals surface area contributed by atoms with E-state index in [2.05, 4.69) is 29.8 Å². The van der Waals surface area contributed by atoms with E-state index in [1.807, 2.05) is 6.07 Å². The fourth-order valence-corrected chi connectivity index (χ4v) is 2.29. The van der Waals surface area contributed by atoms with Crippen LogP contribution >= 0.6 is 0 Å². The van der Waals surface area contributed by atoms with Crippen molar-refractivity contribution in [3.63, 3.8) is 0 Å². The molecule has 3 heteroatoms. The lowest BCUT2D eigenvalue weighted by molar-refractivity contribution is 0.164. The zero-order chi connectivity index (χ0) is 13.0. The molecular formula is C15H21FN2. The molecule has 0 N–H and O–H groups in total. The van der Waals surface area contributed by atoms with Gasteiger partial charge in [-0.25, -0.2) is 4.39 Å². The van der Waals surface area contributed by atoms with E-state index in [9.17, 15) is 4.39 Å². The predicted octanol–water partition coefficient (Wildman–Crippen LogP) is 2.48. The Morgan fingerprint density at radius 1 is 1.28 bits per heavy atom. The van der Waals surface area contributed by atoms with Crippen molar-refractivity contribution in [2.24, 2.45) is 0 Å². The van der Waals surface area contributed by atoms with Crippen LogP contribution in [0.1, 0.15) is 12.5 Å². The first-order valence-electron chi connectivity index (χ1n) is 6.47. The third kappa shape index (κ3) is 3.93. The first kappa shape index (κ1) is 13.2. The van der Waals surface area contributed by atoms with Gasteiger partial charge in [-0.05, 0) is 31.7 Å². The number of piperazine rings is 1. The standard InChI is InChI=1S/C15H21FN2/c1-13(10-14-4-3-5-15(16)11-14)12-18-8-6-17(2)7-9-18/h3-5,10-11H,6-9,12H2,1-2H3. The average Bonchev–Trinajstić information content (AvgIpc) is 2.32. The van der Waals surface area contributed by atoms with E-state index in [0.29, 0.717) is 0 Å².